The summed E-state index contributed by atoms with van der Waals surface area (Å²) in [5.41, 5.74) is 1.13. The van der Waals surface area contributed by atoms with Gasteiger partial charge in [0.05, 0.1) is 23.1 Å². The molecule has 0 aliphatic carbocycles. The lowest BCUT2D eigenvalue weighted by Gasteiger charge is -2.23. The zero-order valence-corrected chi connectivity index (χ0v) is 13.5. The Morgan fingerprint density at radius 2 is 2.32 bits per heavy atom. The Kier molecular flexibility index (Phi) is 5.99. The summed E-state index contributed by atoms with van der Waals surface area (Å²) in [7, 11) is 1.67. The maximum atomic E-state index is 6.48. The van der Waals surface area contributed by atoms with Crippen molar-refractivity contribution in [3.05, 3.63) is 28.2 Å². The molecule has 0 radical (unpaired) electrons. The minimum absolute atomic E-state index is 0.0349. The Labute approximate surface area is 128 Å². The van der Waals surface area contributed by atoms with Gasteiger partial charge in [-0.05, 0) is 65.7 Å². The van der Waals surface area contributed by atoms with Gasteiger partial charge in [-0.15, -0.1) is 11.6 Å². The number of hydrogen-bond donors (Lipinski definition) is 0. The smallest absolute Gasteiger partial charge is 0.133 e. The summed E-state index contributed by atoms with van der Waals surface area (Å²) < 4.78 is 11.9. The van der Waals surface area contributed by atoms with Gasteiger partial charge >= 0.3 is 0 Å². The summed E-state index contributed by atoms with van der Waals surface area (Å²) in [5.74, 6) is 0.836. The van der Waals surface area contributed by atoms with Crippen molar-refractivity contribution < 1.29 is 9.47 Å². The van der Waals surface area contributed by atoms with Crippen molar-refractivity contribution in [2.45, 2.75) is 43.6 Å². The Bertz CT molecular complexity index is 405. The van der Waals surface area contributed by atoms with Crippen LogP contribution in [-0.4, -0.2) is 19.8 Å². The van der Waals surface area contributed by atoms with E-state index in [4.69, 9.17) is 21.1 Å². The van der Waals surface area contributed by atoms with Gasteiger partial charge in [0.15, 0.2) is 0 Å². The first-order valence-electron chi connectivity index (χ1n) is 6.80. The van der Waals surface area contributed by atoms with Crippen LogP contribution in [0, 0.1) is 0 Å². The van der Waals surface area contributed by atoms with Crippen molar-refractivity contribution in [1.82, 2.24) is 0 Å². The highest BCUT2D eigenvalue weighted by Gasteiger charge is 2.17. The minimum Gasteiger partial charge on any atom is -0.496 e. The molecule has 1 aromatic carbocycles. The van der Waals surface area contributed by atoms with Gasteiger partial charge in [0.25, 0.3) is 0 Å². The number of hydrogen-bond acceptors (Lipinski definition) is 2. The summed E-state index contributed by atoms with van der Waals surface area (Å²) in [6, 6.07) is 6.02. The first-order valence-corrected chi connectivity index (χ1v) is 8.02. The number of benzene rings is 1. The van der Waals surface area contributed by atoms with Crippen LogP contribution in [0.25, 0.3) is 0 Å². The molecule has 1 aromatic rings. The van der Waals surface area contributed by atoms with E-state index in [2.05, 4.69) is 15.9 Å². The van der Waals surface area contributed by atoms with Crippen molar-refractivity contribution >= 4 is 27.5 Å². The predicted octanol–water partition coefficient (Wildman–Crippen LogP) is 5.09. The number of halogens is 2. The quantitative estimate of drug-likeness (QED) is 0.691. The number of ether oxygens (including phenoxy) is 2. The average molecular weight is 348 g/mol. The SMILES string of the molecule is COc1ccc(C(Cl)CCC2CCCCO2)cc1Br. The highest BCUT2D eigenvalue weighted by atomic mass is 79.9. The Morgan fingerprint density at radius 1 is 1.47 bits per heavy atom. The van der Waals surface area contributed by atoms with Crippen LogP contribution in [0.3, 0.4) is 0 Å². The maximum absolute atomic E-state index is 6.48. The summed E-state index contributed by atoms with van der Waals surface area (Å²) in [5, 5.41) is 0.0349. The Balaban J connectivity index is 1.88. The number of alkyl halides is 1. The van der Waals surface area contributed by atoms with Crippen molar-refractivity contribution in [3.8, 4) is 5.75 Å². The van der Waals surface area contributed by atoms with Crippen molar-refractivity contribution in [2.24, 2.45) is 0 Å². The highest BCUT2D eigenvalue weighted by Crippen LogP contribution is 2.33. The summed E-state index contributed by atoms with van der Waals surface area (Å²) in [6.07, 6.45) is 6.05. The van der Waals surface area contributed by atoms with Gasteiger partial charge in [0.2, 0.25) is 0 Å². The molecule has 0 saturated carbocycles. The van der Waals surface area contributed by atoms with Gasteiger partial charge in [0, 0.05) is 6.61 Å². The van der Waals surface area contributed by atoms with E-state index in [0.717, 1.165) is 35.2 Å². The molecule has 0 spiro atoms. The monoisotopic (exact) mass is 346 g/mol. The molecule has 2 rings (SSSR count). The van der Waals surface area contributed by atoms with Crippen LogP contribution in [0.5, 0.6) is 5.75 Å². The highest BCUT2D eigenvalue weighted by molar-refractivity contribution is 9.10. The molecule has 0 N–H and O–H groups in total. The first kappa shape index (κ1) is 15.1. The van der Waals surface area contributed by atoms with Crippen LogP contribution >= 0.6 is 27.5 Å². The third-order valence-corrected chi connectivity index (χ3v) is 4.64. The third-order valence-electron chi connectivity index (χ3n) is 3.55. The lowest BCUT2D eigenvalue weighted by Crippen LogP contribution is -2.19. The van der Waals surface area contributed by atoms with Gasteiger partial charge < -0.3 is 9.47 Å². The van der Waals surface area contributed by atoms with Gasteiger partial charge in [-0.1, -0.05) is 6.07 Å². The Hall–Kier alpha value is -0.250. The standard InChI is InChI=1S/C15H20BrClO2/c1-18-15-8-5-11(10-13(15)16)14(17)7-6-12-4-2-3-9-19-12/h5,8,10,12,14H,2-4,6-7,9H2,1H3. The fourth-order valence-electron chi connectivity index (χ4n) is 2.41. The Morgan fingerprint density at radius 3 is 2.95 bits per heavy atom. The van der Waals surface area contributed by atoms with Gasteiger partial charge in [-0.25, -0.2) is 0 Å². The second-order valence-corrected chi connectivity index (χ2v) is 6.31. The lowest BCUT2D eigenvalue weighted by atomic mass is 10.0. The fraction of sp³-hybridized carbons (Fsp3) is 0.600. The molecule has 0 bridgehead atoms. The van der Waals surface area contributed by atoms with E-state index in [0.29, 0.717) is 6.10 Å². The zero-order chi connectivity index (χ0) is 13.7. The lowest BCUT2D eigenvalue weighted by molar-refractivity contribution is 0.0100. The normalized spacial score (nSPS) is 21.1. The van der Waals surface area contributed by atoms with Crippen LogP contribution in [0.2, 0.25) is 0 Å². The molecular formula is C15H20BrClO2. The summed E-state index contributed by atoms with van der Waals surface area (Å²) in [6.45, 7) is 0.908. The van der Waals surface area contributed by atoms with Crippen LogP contribution in [-0.2, 0) is 4.74 Å². The molecule has 4 heteroatoms. The first-order chi connectivity index (χ1) is 9.20. The van der Waals surface area contributed by atoms with Crippen LogP contribution in [0.4, 0.5) is 0 Å². The number of rotatable bonds is 5. The second kappa shape index (κ2) is 7.51. The van der Waals surface area contributed by atoms with E-state index in [9.17, 15) is 0 Å². The maximum Gasteiger partial charge on any atom is 0.133 e. The van der Waals surface area contributed by atoms with E-state index in [1.807, 2.05) is 18.2 Å². The molecule has 1 aliphatic rings. The van der Waals surface area contributed by atoms with Crippen molar-refractivity contribution in [2.75, 3.05) is 13.7 Å². The van der Waals surface area contributed by atoms with Crippen LogP contribution in [0.15, 0.2) is 22.7 Å². The molecule has 19 heavy (non-hydrogen) atoms. The summed E-state index contributed by atoms with van der Waals surface area (Å²) >= 11 is 9.97. The molecule has 1 aliphatic heterocycles. The molecule has 106 valence electrons. The topological polar surface area (TPSA) is 18.5 Å². The molecule has 2 atom stereocenters. The van der Waals surface area contributed by atoms with E-state index in [-0.39, 0.29) is 5.38 Å². The second-order valence-electron chi connectivity index (χ2n) is 4.93. The van der Waals surface area contributed by atoms with Crippen molar-refractivity contribution in [1.29, 1.82) is 0 Å². The predicted molar refractivity (Wildman–Crippen MR) is 82.1 cm³/mol. The zero-order valence-electron chi connectivity index (χ0n) is 11.2. The molecule has 0 aromatic heterocycles. The number of methoxy groups -OCH3 is 1. The molecule has 1 saturated heterocycles. The largest absolute Gasteiger partial charge is 0.496 e. The minimum atomic E-state index is 0.0349. The van der Waals surface area contributed by atoms with Gasteiger partial charge in [-0.3, -0.25) is 0 Å². The molecule has 2 unspecified atom stereocenters. The van der Waals surface area contributed by atoms with E-state index in [1.54, 1.807) is 7.11 Å². The fourth-order valence-corrected chi connectivity index (χ4v) is 3.23. The van der Waals surface area contributed by atoms with Gasteiger partial charge in [-0.2, -0.15) is 0 Å². The van der Waals surface area contributed by atoms with Crippen LogP contribution in [0.1, 0.15) is 43.0 Å². The molecular weight excluding hydrogens is 328 g/mol. The third kappa shape index (κ3) is 4.37. The molecule has 1 heterocycles. The van der Waals surface area contributed by atoms with Gasteiger partial charge in [0.1, 0.15) is 5.75 Å². The van der Waals surface area contributed by atoms with E-state index < -0.39 is 0 Å². The summed E-state index contributed by atoms with van der Waals surface area (Å²) in [4.78, 5) is 0. The van der Waals surface area contributed by atoms with E-state index in [1.165, 1.54) is 19.3 Å². The van der Waals surface area contributed by atoms with Crippen molar-refractivity contribution in [3.63, 3.8) is 0 Å². The molecule has 0 amide bonds. The average Bonchev–Trinajstić information content (AvgIpc) is 2.45. The van der Waals surface area contributed by atoms with Crippen LogP contribution < -0.4 is 4.74 Å². The molecule has 1 fully saturated rings. The molecule has 2 nitrogen and oxygen atoms in total. The van der Waals surface area contributed by atoms with E-state index >= 15 is 0 Å².